The van der Waals surface area contributed by atoms with Crippen LogP contribution in [-0.2, 0) is 0 Å². The van der Waals surface area contributed by atoms with Crippen LogP contribution in [0.25, 0.3) is 0 Å². The fourth-order valence-electron chi connectivity index (χ4n) is 2.55. The molecule has 0 bridgehead atoms. The molecule has 2 N–H and O–H groups in total. The first-order valence-electron chi connectivity index (χ1n) is 7.59. The molecule has 2 aromatic carbocycles. The van der Waals surface area contributed by atoms with Crippen molar-refractivity contribution in [2.24, 2.45) is 0 Å². The number of hydrogen-bond acceptors (Lipinski definition) is 2. The van der Waals surface area contributed by atoms with Crippen LogP contribution in [0.4, 0.5) is 13.2 Å². The smallest absolute Gasteiger partial charge is 0.194 e. The van der Waals surface area contributed by atoms with Crippen LogP contribution in [0.1, 0.15) is 43.0 Å². The van der Waals surface area contributed by atoms with Crippen LogP contribution in [0.5, 0.6) is 0 Å². The summed E-state index contributed by atoms with van der Waals surface area (Å²) < 4.78 is 39.8. The first-order chi connectivity index (χ1) is 11.0. The average Bonchev–Trinajstić information content (AvgIpc) is 2.56. The topological polar surface area (TPSA) is 32.3 Å². The van der Waals surface area contributed by atoms with Crippen LogP contribution < -0.4 is 5.32 Å². The molecule has 0 aliphatic rings. The number of aliphatic hydroxyl groups is 1. The molecule has 0 heterocycles. The summed E-state index contributed by atoms with van der Waals surface area (Å²) in [6.45, 7) is 1.83. The lowest BCUT2D eigenvalue weighted by Crippen LogP contribution is -2.25. The Bertz CT molecular complexity index is 610. The van der Waals surface area contributed by atoms with Gasteiger partial charge >= 0.3 is 0 Å². The molecule has 2 nitrogen and oxygen atoms in total. The third-order valence-corrected chi connectivity index (χ3v) is 3.81. The molecule has 0 aliphatic carbocycles. The minimum Gasteiger partial charge on any atom is -0.396 e. The summed E-state index contributed by atoms with van der Waals surface area (Å²) in [6.07, 6.45) is 1.28. The maximum Gasteiger partial charge on any atom is 0.194 e. The summed E-state index contributed by atoms with van der Waals surface area (Å²) in [6, 6.07) is 11.2. The highest BCUT2D eigenvalue weighted by atomic mass is 19.2. The highest BCUT2D eigenvalue weighted by Gasteiger charge is 2.18. The van der Waals surface area contributed by atoms with Gasteiger partial charge in [0.2, 0.25) is 0 Å². The van der Waals surface area contributed by atoms with E-state index in [2.05, 4.69) is 5.32 Å². The van der Waals surface area contributed by atoms with Gasteiger partial charge in [-0.1, -0.05) is 30.3 Å². The van der Waals surface area contributed by atoms with Crippen molar-refractivity contribution < 1.29 is 18.3 Å². The Morgan fingerprint density at radius 3 is 2.17 bits per heavy atom. The molecule has 23 heavy (non-hydrogen) atoms. The Morgan fingerprint density at radius 2 is 1.61 bits per heavy atom. The molecule has 0 fully saturated rings. The maximum atomic E-state index is 13.4. The molecule has 5 heteroatoms. The van der Waals surface area contributed by atoms with E-state index in [-0.39, 0.29) is 18.7 Å². The first kappa shape index (κ1) is 17.5. The first-order valence-corrected chi connectivity index (χ1v) is 7.59. The SMILES string of the molecule is C[C@@H](N[C@@H](CCCO)c1ccccc1)c1cc(F)c(F)c(F)c1. The molecule has 2 rings (SSSR count). The standard InChI is InChI=1S/C18H20F3NO/c1-12(14-10-15(19)18(21)16(20)11-14)22-17(8-5-9-23)13-6-3-2-4-7-13/h2-4,6-7,10-12,17,22-23H,5,8-9H2,1H3/t12-,17+/m1/s1. The summed E-state index contributed by atoms with van der Waals surface area (Å²) in [5.41, 5.74) is 1.36. The molecular weight excluding hydrogens is 303 g/mol. The van der Waals surface area contributed by atoms with E-state index in [4.69, 9.17) is 5.11 Å². The van der Waals surface area contributed by atoms with E-state index in [1.54, 1.807) is 6.92 Å². The number of rotatable bonds is 7. The summed E-state index contributed by atoms with van der Waals surface area (Å²) in [4.78, 5) is 0. The van der Waals surface area contributed by atoms with Crippen molar-refractivity contribution in [3.63, 3.8) is 0 Å². The molecule has 0 aromatic heterocycles. The molecule has 2 atom stereocenters. The van der Waals surface area contributed by atoms with Crippen molar-refractivity contribution >= 4 is 0 Å². The van der Waals surface area contributed by atoms with Gasteiger partial charge in [0.1, 0.15) is 0 Å². The van der Waals surface area contributed by atoms with E-state index in [0.29, 0.717) is 18.4 Å². The van der Waals surface area contributed by atoms with Crippen molar-refractivity contribution in [2.45, 2.75) is 31.8 Å². The zero-order valence-corrected chi connectivity index (χ0v) is 12.9. The number of halogens is 3. The molecule has 0 saturated carbocycles. The van der Waals surface area contributed by atoms with Gasteiger partial charge < -0.3 is 10.4 Å². The maximum absolute atomic E-state index is 13.4. The molecule has 0 unspecified atom stereocenters. The molecule has 0 spiro atoms. The third kappa shape index (κ3) is 4.56. The van der Waals surface area contributed by atoms with Gasteiger partial charge in [-0.2, -0.15) is 0 Å². The summed E-state index contributed by atoms with van der Waals surface area (Å²) in [5, 5.41) is 12.3. The summed E-state index contributed by atoms with van der Waals surface area (Å²) in [5.74, 6) is -3.85. The Hall–Kier alpha value is -1.85. The van der Waals surface area contributed by atoms with Crippen LogP contribution in [0, 0.1) is 17.5 Å². The number of hydrogen-bond donors (Lipinski definition) is 2. The molecule has 124 valence electrons. The molecular formula is C18H20F3NO. The van der Waals surface area contributed by atoms with Gasteiger partial charge in [0.15, 0.2) is 17.5 Å². The van der Waals surface area contributed by atoms with Crippen molar-refractivity contribution in [1.29, 1.82) is 0 Å². The average molecular weight is 323 g/mol. The van der Waals surface area contributed by atoms with E-state index in [1.165, 1.54) is 0 Å². The van der Waals surface area contributed by atoms with Crippen LogP contribution in [0.15, 0.2) is 42.5 Å². The fraction of sp³-hybridized carbons (Fsp3) is 0.333. The second-order valence-electron chi connectivity index (χ2n) is 5.52. The van der Waals surface area contributed by atoms with Crippen molar-refractivity contribution in [3.8, 4) is 0 Å². The Morgan fingerprint density at radius 1 is 1.00 bits per heavy atom. The molecule has 0 radical (unpaired) electrons. The van der Waals surface area contributed by atoms with Gasteiger partial charge in [-0.25, -0.2) is 13.2 Å². The van der Waals surface area contributed by atoms with E-state index in [9.17, 15) is 13.2 Å². The van der Waals surface area contributed by atoms with E-state index in [0.717, 1.165) is 17.7 Å². The zero-order valence-electron chi connectivity index (χ0n) is 12.9. The van der Waals surface area contributed by atoms with Crippen molar-refractivity contribution in [1.82, 2.24) is 5.32 Å². The summed E-state index contributed by atoms with van der Waals surface area (Å²) >= 11 is 0. The third-order valence-electron chi connectivity index (χ3n) is 3.81. The second-order valence-corrected chi connectivity index (χ2v) is 5.52. The summed E-state index contributed by atoms with van der Waals surface area (Å²) in [7, 11) is 0. The Labute approximate surface area is 134 Å². The van der Waals surface area contributed by atoms with Crippen LogP contribution in [0.3, 0.4) is 0 Å². The highest BCUT2D eigenvalue weighted by Crippen LogP contribution is 2.25. The van der Waals surface area contributed by atoms with Crippen LogP contribution >= 0.6 is 0 Å². The Balaban J connectivity index is 2.18. The van der Waals surface area contributed by atoms with Crippen LogP contribution in [0.2, 0.25) is 0 Å². The quantitative estimate of drug-likeness (QED) is 0.746. The second kappa shape index (κ2) is 8.13. The molecule has 0 saturated heterocycles. The normalized spacial score (nSPS) is 13.8. The largest absolute Gasteiger partial charge is 0.396 e. The molecule has 2 aromatic rings. The minimum atomic E-state index is -1.46. The lowest BCUT2D eigenvalue weighted by molar-refractivity contribution is 0.272. The zero-order chi connectivity index (χ0) is 16.8. The lowest BCUT2D eigenvalue weighted by atomic mass is 9.99. The lowest BCUT2D eigenvalue weighted by Gasteiger charge is -2.24. The van der Waals surface area contributed by atoms with Gasteiger partial charge in [-0.3, -0.25) is 0 Å². The van der Waals surface area contributed by atoms with Crippen molar-refractivity contribution in [2.75, 3.05) is 6.61 Å². The van der Waals surface area contributed by atoms with Crippen LogP contribution in [-0.4, -0.2) is 11.7 Å². The monoisotopic (exact) mass is 323 g/mol. The Kier molecular flexibility index (Phi) is 6.19. The number of aliphatic hydroxyl groups excluding tert-OH is 1. The van der Waals surface area contributed by atoms with E-state index < -0.39 is 17.5 Å². The number of nitrogens with one attached hydrogen (secondary N) is 1. The molecule has 0 amide bonds. The van der Waals surface area contributed by atoms with Crippen molar-refractivity contribution in [3.05, 3.63) is 71.0 Å². The number of benzene rings is 2. The fourth-order valence-corrected chi connectivity index (χ4v) is 2.55. The van der Waals surface area contributed by atoms with Gasteiger partial charge in [0.25, 0.3) is 0 Å². The van der Waals surface area contributed by atoms with E-state index in [1.807, 2.05) is 30.3 Å². The van der Waals surface area contributed by atoms with Gasteiger partial charge in [-0.05, 0) is 43.0 Å². The predicted molar refractivity (Wildman–Crippen MR) is 83.4 cm³/mol. The van der Waals surface area contributed by atoms with Gasteiger partial charge in [0, 0.05) is 18.7 Å². The molecule has 0 aliphatic heterocycles. The van der Waals surface area contributed by atoms with Gasteiger partial charge in [-0.15, -0.1) is 0 Å². The predicted octanol–water partition coefficient (Wildman–Crippen LogP) is 4.27. The highest BCUT2D eigenvalue weighted by molar-refractivity contribution is 5.24. The minimum absolute atomic E-state index is 0.0686. The van der Waals surface area contributed by atoms with Gasteiger partial charge in [0.05, 0.1) is 0 Å². The van der Waals surface area contributed by atoms with E-state index >= 15 is 0 Å².